The number of hydrogen-bond donors (Lipinski definition) is 1. The quantitative estimate of drug-likeness (QED) is 0.734. The maximum Gasteiger partial charge on any atom is 0.309 e. The summed E-state index contributed by atoms with van der Waals surface area (Å²) >= 11 is 0.807. The van der Waals surface area contributed by atoms with E-state index in [0.29, 0.717) is 0 Å². The smallest absolute Gasteiger partial charge is 0.309 e. The number of rotatable bonds is 6. The van der Waals surface area contributed by atoms with Gasteiger partial charge in [0.1, 0.15) is 0 Å². The molecule has 0 aromatic carbocycles. The zero-order valence-corrected chi connectivity index (χ0v) is 12.1. The van der Waals surface area contributed by atoms with Crippen LogP contribution in [0.25, 0.3) is 0 Å². The van der Waals surface area contributed by atoms with Crippen molar-refractivity contribution in [2.24, 2.45) is 0 Å². The van der Waals surface area contributed by atoms with Gasteiger partial charge >= 0.3 is 21.2 Å². The fourth-order valence-electron chi connectivity index (χ4n) is 1.13. The maximum absolute atomic E-state index is 11.7. The number of oxazole rings is 1. The minimum atomic E-state index is -4.10. The van der Waals surface area contributed by atoms with Gasteiger partial charge in [-0.1, -0.05) is 11.8 Å². The largest absolute Gasteiger partial charge is 0.420 e. The number of aromatic nitrogens is 3. The molecule has 0 aliphatic rings. The topological polar surface area (TPSA) is 145 Å². The van der Waals surface area contributed by atoms with E-state index < -0.39 is 27.0 Å². The molecule has 0 aliphatic heterocycles. The first-order chi connectivity index (χ1) is 9.88. The summed E-state index contributed by atoms with van der Waals surface area (Å²) < 4.78 is 34.7. The molecule has 2 heterocycles. The minimum Gasteiger partial charge on any atom is -0.420 e. The maximum atomic E-state index is 11.7. The van der Waals surface area contributed by atoms with Crippen molar-refractivity contribution < 1.29 is 26.9 Å². The highest BCUT2D eigenvalue weighted by Crippen LogP contribution is 2.15. The summed E-state index contributed by atoms with van der Waals surface area (Å²) in [6, 6.07) is -0.420. The molecule has 0 bridgehead atoms. The molecule has 12 heteroatoms. The Morgan fingerprint density at radius 1 is 1.38 bits per heavy atom. The average molecular weight is 332 g/mol. The highest BCUT2D eigenvalue weighted by molar-refractivity contribution is 8.14. The van der Waals surface area contributed by atoms with Crippen LogP contribution in [0.4, 0.5) is 6.01 Å². The van der Waals surface area contributed by atoms with Gasteiger partial charge in [0.2, 0.25) is 12.2 Å². The second kappa shape index (κ2) is 6.05. The van der Waals surface area contributed by atoms with E-state index in [1.807, 2.05) is 4.72 Å². The van der Waals surface area contributed by atoms with Crippen LogP contribution in [0.3, 0.4) is 0 Å². The Bertz CT molecular complexity index is 751. The number of thioether (sulfide) groups is 1. The summed E-state index contributed by atoms with van der Waals surface area (Å²) in [4.78, 5) is 29.4. The average Bonchev–Trinajstić information content (AvgIpc) is 3.06. The lowest BCUT2D eigenvalue weighted by atomic mass is 10.4. The summed E-state index contributed by atoms with van der Waals surface area (Å²) in [6.45, 7) is 1.32. The van der Waals surface area contributed by atoms with E-state index in [9.17, 15) is 18.0 Å². The van der Waals surface area contributed by atoms with Gasteiger partial charge in [-0.2, -0.15) is 13.4 Å². The lowest BCUT2D eigenvalue weighted by Crippen LogP contribution is -2.14. The number of sulfonamides is 1. The highest BCUT2D eigenvalue weighted by Gasteiger charge is 2.23. The number of carbonyl (C=O) groups excluding carboxylic acids is 2. The molecule has 0 amide bonds. The summed E-state index contributed by atoms with van der Waals surface area (Å²) in [5.41, 5.74) is 0. The van der Waals surface area contributed by atoms with Crippen LogP contribution in [0.1, 0.15) is 17.5 Å². The van der Waals surface area contributed by atoms with Crippen LogP contribution in [-0.2, 0) is 14.8 Å². The van der Waals surface area contributed by atoms with Crippen molar-refractivity contribution in [3.05, 3.63) is 18.4 Å². The lowest BCUT2D eigenvalue weighted by Gasteiger charge is -1.98. The van der Waals surface area contributed by atoms with Crippen LogP contribution in [0.15, 0.2) is 26.7 Å². The lowest BCUT2D eigenvalue weighted by molar-refractivity contribution is -0.109. The van der Waals surface area contributed by atoms with Crippen molar-refractivity contribution in [1.29, 1.82) is 0 Å². The third kappa shape index (κ3) is 3.88. The van der Waals surface area contributed by atoms with Gasteiger partial charge in [-0.3, -0.25) is 9.59 Å². The molecule has 112 valence electrons. The van der Waals surface area contributed by atoms with Gasteiger partial charge in [-0.15, -0.1) is 0 Å². The van der Waals surface area contributed by atoms with Gasteiger partial charge in [-0.25, -0.2) is 9.71 Å². The first-order valence-electron chi connectivity index (χ1n) is 5.30. The van der Waals surface area contributed by atoms with Crippen molar-refractivity contribution >= 4 is 38.7 Å². The van der Waals surface area contributed by atoms with Crippen LogP contribution in [0, 0.1) is 0 Å². The molecule has 0 fully saturated rings. The van der Waals surface area contributed by atoms with E-state index in [2.05, 4.69) is 19.6 Å². The SMILES string of the molecule is CC(=O)SCC(=O)c1cnc(NS(=O)(=O)c2ncon2)o1. The zero-order valence-electron chi connectivity index (χ0n) is 10.5. The summed E-state index contributed by atoms with van der Waals surface area (Å²) in [7, 11) is -4.10. The number of Topliss-reactive ketones (excluding diaryl/α,β-unsaturated/α-hetero) is 1. The molecule has 10 nitrogen and oxygen atoms in total. The van der Waals surface area contributed by atoms with Gasteiger partial charge in [-0.05, 0) is 5.16 Å². The molecule has 0 saturated carbocycles. The number of carbonyl (C=O) groups is 2. The Morgan fingerprint density at radius 3 is 2.76 bits per heavy atom. The highest BCUT2D eigenvalue weighted by atomic mass is 32.2. The Balaban J connectivity index is 2.07. The first kappa shape index (κ1) is 15.2. The molecule has 2 aromatic heterocycles. The number of nitrogens with zero attached hydrogens (tertiary/aromatic N) is 3. The van der Waals surface area contributed by atoms with Gasteiger partial charge in [0.25, 0.3) is 0 Å². The standard InChI is InChI=1S/C9H8N4O6S2/c1-5(14)20-3-6(15)7-2-10-8(19-7)13-21(16,17)9-11-4-18-12-9/h2,4H,3H2,1H3,(H,10,13). The molecule has 2 rings (SSSR count). The predicted octanol–water partition coefficient (Wildman–Crippen LogP) is 0.321. The minimum absolute atomic E-state index is 0.123. The van der Waals surface area contributed by atoms with E-state index in [1.54, 1.807) is 0 Å². The Morgan fingerprint density at radius 2 is 2.14 bits per heavy atom. The normalized spacial score (nSPS) is 11.3. The van der Waals surface area contributed by atoms with E-state index in [-0.39, 0.29) is 16.6 Å². The molecule has 1 N–H and O–H groups in total. The second-order valence-corrected chi connectivity index (χ2v) is 6.28. The van der Waals surface area contributed by atoms with Crippen LogP contribution >= 0.6 is 11.8 Å². The van der Waals surface area contributed by atoms with Gasteiger partial charge in [0.05, 0.1) is 11.9 Å². The molecule has 0 atom stereocenters. The first-order valence-corrected chi connectivity index (χ1v) is 7.77. The summed E-state index contributed by atoms with van der Waals surface area (Å²) in [5.74, 6) is -0.788. The van der Waals surface area contributed by atoms with Crippen molar-refractivity contribution in [2.45, 2.75) is 12.1 Å². The van der Waals surface area contributed by atoms with Crippen LogP contribution in [0.2, 0.25) is 0 Å². The van der Waals surface area contributed by atoms with Crippen molar-refractivity contribution in [3.63, 3.8) is 0 Å². The Hall–Kier alpha value is -2.21. The predicted molar refractivity (Wildman–Crippen MR) is 69.1 cm³/mol. The summed E-state index contributed by atoms with van der Waals surface area (Å²) in [5, 5.41) is 2.34. The van der Waals surface area contributed by atoms with Crippen LogP contribution < -0.4 is 4.72 Å². The Kier molecular flexibility index (Phi) is 4.37. The third-order valence-corrected chi connectivity index (χ3v) is 3.91. The van der Waals surface area contributed by atoms with Gasteiger partial charge in [0.15, 0.2) is 10.9 Å². The fraction of sp³-hybridized carbons (Fsp3) is 0.222. The summed E-state index contributed by atoms with van der Waals surface area (Å²) in [6.07, 6.45) is 1.90. The molecular weight excluding hydrogens is 324 g/mol. The number of hydrogen-bond acceptors (Lipinski definition) is 10. The third-order valence-electron chi connectivity index (χ3n) is 1.99. The molecule has 0 radical (unpaired) electrons. The van der Waals surface area contributed by atoms with E-state index in [0.717, 1.165) is 24.4 Å². The van der Waals surface area contributed by atoms with E-state index in [4.69, 9.17) is 4.42 Å². The molecule has 2 aromatic rings. The number of anilines is 1. The Labute approximate surface area is 122 Å². The molecular formula is C9H8N4O6S2. The van der Waals surface area contributed by atoms with Crippen molar-refractivity contribution in [1.82, 2.24) is 15.1 Å². The van der Waals surface area contributed by atoms with Crippen molar-refractivity contribution in [3.8, 4) is 0 Å². The molecule has 0 saturated heterocycles. The van der Waals surface area contributed by atoms with E-state index in [1.165, 1.54) is 6.92 Å². The molecule has 0 aliphatic carbocycles. The number of ketones is 1. The molecule has 0 spiro atoms. The molecule has 0 unspecified atom stereocenters. The zero-order chi connectivity index (χ0) is 15.5. The van der Waals surface area contributed by atoms with Crippen molar-refractivity contribution in [2.75, 3.05) is 10.5 Å². The van der Waals surface area contributed by atoms with Crippen LogP contribution in [0.5, 0.6) is 0 Å². The van der Waals surface area contributed by atoms with Gasteiger partial charge in [0, 0.05) is 6.92 Å². The van der Waals surface area contributed by atoms with Gasteiger partial charge < -0.3 is 8.94 Å². The van der Waals surface area contributed by atoms with E-state index >= 15 is 0 Å². The number of nitrogens with one attached hydrogen (secondary N) is 1. The monoisotopic (exact) mass is 332 g/mol. The molecule has 21 heavy (non-hydrogen) atoms. The van der Waals surface area contributed by atoms with Crippen LogP contribution in [-0.4, -0.2) is 40.2 Å². The second-order valence-electron chi connectivity index (χ2n) is 3.55. The fourth-order valence-corrected chi connectivity index (χ4v) is 2.34.